The van der Waals surface area contributed by atoms with Crippen molar-refractivity contribution < 1.29 is 32.9 Å². The number of rotatable bonds is 60. The van der Waals surface area contributed by atoms with Crippen molar-refractivity contribution in [3.63, 3.8) is 0 Å². The van der Waals surface area contributed by atoms with Crippen molar-refractivity contribution in [2.45, 2.75) is 328 Å². The van der Waals surface area contributed by atoms with Gasteiger partial charge in [-0.2, -0.15) is 0 Å². The Hall–Kier alpha value is -1.54. The van der Waals surface area contributed by atoms with Crippen LogP contribution in [0.4, 0.5) is 0 Å². The second kappa shape index (κ2) is 57.2. The van der Waals surface area contributed by atoms with Gasteiger partial charge in [0.15, 0.2) is 0 Å². The lowest BCUT2D eigenvalue weighted by molar-refractivity contribution is -0.870. The fraction of sp³-hybridized carbons (Fsp3) is 0.864. The average molecular weight is 1080 g/mol. The molecule has 1 amide bonds. The molecule has 0 spiro atoms. The first-order chi connectivity index (χ1) is 36.5. The molecule has 8 nitrogen and oxygen atoms in total. The van der Waals surface area contributed by atoms with Crippen molar-refractivity contribution in [1.29, 1.82) is 0 Å². The van der Waals surface area contributed by atoms with E-state index in [1.54, 1.807) is 6.08 Å². The molecule has 3 atom stereocenters. The van der Waals surface area contributed by atoms with E-state index < -0.39 is 26.6 Å². The van der Waals surface area contributed by atoms with Crippen LogP contribution in [0.5, 0.6) is 0 Å². The average Bonchev–Trinajstić information content (AvgIpc) is 3.37. The molecule has 0 rings (SSSR count). The van der Waals surface area contributed by atoms with E-state index in [4.69, 9.17) is 9.05 Å². The summed E-state index contributed by atoms with van der Waals surface area (Å²) in [6, 6.07) is -0.910. The van der Waals surface area contributed by atoms with Gasteiger partial charge in [-0.3, -0.25) is 9.36 Å². The van der Waals surface area contributed by atoms with E-state index in [1.165, 1.54) is 250 Å². The van der Waals surface area contributed by atoms with Crippen LogP contribution in [0.25, 0.3) is 0 Å². The van der Waals surface area contributed by atoms with E-state index in [0.717, 1.165) is 44.9 Å². The maximum Gasteiger partial charge on any atom is 0.268 e. The van der Waals surface area contributed by atoms with Crippen molar-refractivity contribution in [2.24, 2.45) is 0 Å². The van der Waals surface area contributed by atoms with Crippen molar-refractivity contribution in [3.05, 3.63) is 48.6 Å². The SMILES string of the molecule is CCCCCCCCCC/C=C\CCCCCCCCCCCCCCCCCCCCCCCC(=O)NC(COP(=O)([O-])OCC[N+](C)(C)C)C(O)/C=C/CC/C=C/CC/C=C/CCCCCCCCCCCC. The minimum Gasteiger partial charge on any atom is -0.756 e. The summed E-state index contributed by atoms with van der Waals surface area (Å²) >= 11 is 0. The number of phosphoric acid groups is 1. The van der Waals surface area contributed by atoms with Gasteiger partial charge in [0.2, 0.25) is 5.91 Å². The lowest BCUT2D eigenvalue weighted by Crippen LogP contribution is -2.45. The molecule has 0 aromatic rings. The standard InChI is InChI=1S/C66H127N2O6P/c1-6-8-10-12-14-16-18-20-22-24-26-28-29-30-31-32-33-34-35-36-37-38-39-40-42-44-46-48-50-52-54-56-58-60-66(70)67-64(63-74-75(71,72)73-62-61-68(3,4)5)65(69)59-57-55-53-51-49-47-45-43-41-27-25-23-21-19-17-15-13-11-9-7-2/h24,26,41,43,49,51,57,59,64-65,69H,6-23,25,27-40,42,44-48,50,52-56,58,60-63H2,1-5H3,(H-,67,70,71,72)/b26-24-,43-41+,51-49+,59-57+. The van der Waals surface area contributed by atoms with Crippen molar-refractivity contribution in [3.8, 4) is 0 Å². The first-order valence-corrected chi connectivity index (χ1v) is 34.0. The number of carbonyl (C=O) groups is 1. The quantitative estimate of drug-likeness (QED) is 0.0272. The summed E-state index contributed by atoms with van der Waals surface area (Å²) in [5.74, 6) is -0.206. The molecule has 9 heteroatoms. The second-order valence-electron chi connectivity index (χ2n) is 23.4. The summed E-state index contributed by atoms with van der Waals surface area (Å²) in [6.07, 6.45) is 76.5. The van der Waals surface area contributed by atoms with Crippen LogP contribution in [-0.2, 0) is 18.4 Å². The number of hydrogen-bond acceptors (Lipinski definition) is 6. The zero-order valence-corrected chi connectivity index (χ0v) is 51.4. The van der Waals surface area contributed by atoms with Gasteiger partial charge in [0, 0.05) is 6.42 Å². The first kappa shape index (κ1) is 73.5. The van der Waals surface area contributed by atoms with Crippen LogP contribution < -0.4 is 10.2 Å². The summed E-state index contributed by atoms with van der Waals surface area (Å²) in [7, 11) is 1.24. The Kier molecular flexibility index (Phi) is 56.0. The Morgan fingerprint density at radius 2 is 0.747 bits per heavy atom. The number of allylic oxidation sites excluding steroid dienone is 7. The second-order valence-corrected chi connectivity index (χ2v) is 24.9. The van der Waals surface area contributed by atoms with Gasteiger partial charge in [-0.05, 0) is 70.6 Å². The molecule has 0 saturated heterocycles. The number of quaternary nitrogens is 1. The van der Waals surface area contributed by atoms with E-state index >= 15 is 0 Å². The smallest absolute Gasteiger partial charge is 0.268 e. The molecule has 0 aliphatic rings. The maximum atomic E-state index is 13.0. The van der Waals surface area contributed by atoms with Gasteiger partial charge in [0.25, 0.3) is 7.82 Å². The minimum absolute atomic E-state index is 0.00820. The highest BCUT2D eigenvalue weighted by Gasteiger charge is 2.23. The van der Waals surface area contributed by atoms with Gasteiger partial charge >= 0.3 is 0 Å². The van der Waals surface area contributed by atoms with Crippen LogP contribution in [0.3, 0.4) is 0 Å². The number of nitrogens with zero attached hydrogens (tertiary/aromatic N) is 1. The van der Waals surface area contributed by atoms with Gasteiger partial charge in [0.05, 0.1) is 39.9 Å². The Labute approximate surface area is 467 Å². The first-order valence-electron chi connectivity index (χ1n) is 32.5. The zero-order chi connectivity index (χ0) is 54.9. The highest BCUT2D eigenvalue weighted by Crippen LogP contribution is 2.38. The Morgan fingerprint density at radius 3 is 1.08 bits per heavy atom. The van der Waals surface area contributed by atoms with E-state index in [9.17, 15) is 19.4 Å². The number of nitrogens with one attached hydrogen (secondary N) is 1. The number of aliphatic hydroxyl groups is 1. The molecule has 0 aromatic heterocycles. The van der Waals surface area contributed by atoms with E-state index in [0.29, 0.717) is 17.4 Å². The molecule has 3 unspecified atom stereocenters. The fourth-order valence-corrected chi connectivity index (χ4v) is 10.4. The zero-order valence-electron chi connectivity index (χ0n) is 50.5. The molecular formula is C66H127N2O6P. The van der Waals surface area contributed by atoms with Crippen LogP contribution in [0.2, 0.25) is 0 Å². The molecule has 442 valence electrons. The predicted octanol–water partition coefficient (Wildman–Crippen LogP) is 19.6. The van der Waals surface area contributed by atoms with E-state index in [1.807, 2.05) is 27.2 Å². The third-order valence-electron chi connectivity index (χ3n) is 14.7. The molecule has 0 aliphatic heterocycles. The largest absolute Gasteiger partial charge is 0.756 e. The maximum absolute atomic E-state index is 13.0. The number of likely N-dealkylation sites (N-methyl/N-ethyl adjacent to an activating group) is 1. The number of hydrogen-bond donors (Lipinski definition) is 2. The van der Waals surface area contributed by atoms with Gasteiger partial charge in [-0.15, -0.1) is 0 Å². The summed E-state index contributed by atoms with van der Waals surface area (Å²) in [5.41, 5.74) is 0. The van der Waals surface area contributed by atoms with Crippen LogP contribution in [0, 0.1) is 0 Å². The number of amides is 1. The molecule has 0 aromatic carbocycles. The lowest BCUT2D eigenvalue weighted by Gasteiger charge is -2.29. The molecule has 0 fully saturated rings. The van der Waals surface area contributed by atoms with E-state index in [2.05, 4.69) is 55.6 Å². The molecular weight excluding hydrogens is 948 g/mol. The van der Waals surface area contributed by atoms with Gasteiger partial charge in [-0.1, -0.05) is 287 Å². The van der Waals surface area contributed by atoms with Crippen LogP contribution in [0.1, 0.15) is 316 Å². The monoisotopic (exact) mass is 1070 g/mol. The molecule has 0 radical (unpaired) electrons. The lowest BCUT2D eigenvalue weighted by atomic mass is 10.0. The molecule has 0 bridgehead atoms. The molecule has 0 saturated carbocycles. The number of unbranched alkanes of at least 4 members (excludes halogenated alkanes) is 41. The number of carbonyl (C=O) groups excluding carboxylic acids is 1. The molecule has 0 heterocycles. The third kappa shape index (κ3) is 60.0. The Morgan fingerprint density at radius 1 is 0.453 bits per heavy atom. The summed E-state index contributed by atoms with van der Waals surface area (Å²) in [6.45, 7) is 4.65. The third-order valence-corrected chi connectivity index (χ3v) is 15.7. The highest BCUT2D eigenvalue weighted by molar-refractivity contribution is 7.45. The Balaban J connectivity index is 4.08. The van der Waals surface area contributed by atoms with Gasteiger partial charge in [0.1, 0.15) is 13.2 Å². The van der Waals surface area contributed by atoms with E-state index in [-0.39, 0.29) is 12.5 Å². The molecule has 0 aliphatic carbocycles. The molecule has 75 heavy (non-hydrogen) atoms. The summed E-state index contributed by atoms with van der Waals surface area (Å²) in [4.78, 5) is 25.5. The minimum atomic E-state index is -4.61. The Bertz CT molecular complexity index is 1360. The fourth-order valence-electron chi connectivity index (χ4n) is 9.65. The van der Waals surface area contributed by atoms with Gasteiger partial charge < -0.3 is 28.8 Å². The number of phosphoric ester groups is 1. The predicted molar refractivity (Wildman–Crippen MR) is 325 cm³/mol. The molecule has 2 N–H and O–H groups in total. The van der Waals surface area contributed by atoms with Gasteiger partial charge in [-0.25, -0.2) is 0 Å². The van der Waals surface area contributed by atoms with Crippen molar-refractivity contribution in [1.82, 2.24) is 5.32 Å². The highest BCUT2D eigenvalue weighted by atomic mass is 31.2. The van der Waals surface area contributed by atoms with Crippen LogP contribution >= 0.6 is 7.82 Å². The van der Waals surface area contributed by atoms with Crippen LogP contribution in [0.15, 0.2) is 48.6 Å². The number of aliphatic hydroxyl groups excluding tert-OH is 1. The van der Waals surface area contributed by atoms with Crippen molar-refractivity contribution in [2.75, 3.05) is 40.9 Å². The summed E-state index contributed by atoms with van der Waals surface area (Å²) < 4.78 is 23.4. The van der Waals surface area contributed by atoms with Crippen LogP contribution in [-0.4, -0.2) is 68.5 Å². The normalized spacial score (nSPS) is 14.1. The van der Waals surface area contributed by atoms with Crippen molar-refractivity contribution >= 4 is 13.7 Å². The summed E-state index contributed by atoms with van der Waals surface area (Å²) in [5, 5.41) is 13.9. The topological polar surface area (TPSA) is 108 Å².